The molecule has 0 spiro atoms. The molecule has 5 N–H and O–H groups in total. The molecule has 1 fully saturated rings. The van der Waals surface area contributed by atoms with Crippen molar-refractivity contribution in [3.05, 3.63) is 89.9 Å². The fourth-order valence-corrected chi connectivity index (χ4v) is 5.13. The molecular weight excluding hydrogens is 568 g/mol. The minimum atomic E-state index is -1.95. The van der Waals surface area contributed by atoms with Gasteiger partial charge in [-0.3, -0.25) is 14.5 Å². The van der Waals surface area contributed by atoms with Gasteiger partial charge in [-0.2, -0.15) is 5.26 Å². The van der Waals surface area contributed by atoms with Gasteiger partial charge in [0.05, 0.1) is 36.3 Å². The first-order valence-electron chi connectivity index (χ1n) is 13.5. The van der Waals surface area contributed by atoms with Gasteiger partial charge in [0.25, 0.3) is 11.8 Å². The van der Waals surface area contributed by atoms with Crippen molar-refractivity contribution in [2.75, 3.05) is 30.3 Å². The molecule has 4 heterocycles. The predicted octanol–water partition coefficient (Wildman–Crippen LogP) is 1.70. The summed E-state index contributed by atoms with van der Waals surface area (Å²) in [4.78, 5) is 32.3. The number of aliphatic hydroxyl groups is 1. The molecule has 0 saturated carbocycles. The number of anilines is 2. The van der Waals surface area contributed by atoms with E-state index >= 15 is 0 Å². The fourth-order valence-electron chi connectivity index (χ4n) is 5.13. The van der Waals surface area contributed by atoms with E-state index in [-0.39, 0.29) is 42.4 Å². The quantitative estimate of drug-likeness (QED) is 0.203. The Morgan fingerprint density at radius 1 is 1.20 bits per heavy atom. The minimum Gasteiger partial charge on any atom is -0.507 e. The van der Waals surface area contributed by atoms with Crippen LogP contribution in [0.4, 0.5) is 11.6 Å². The number of nitrogens with one attached hydrogen (secondary N) is 1. The number of para-hydroxylation sites is 1. The lowest BCUT2D eigenvalue weighted by atomic mass is 9.86. The predicted molar refractivity (Wildman–Crippen MR) is 156 cm³/mol. The average Bonchev–Trinajstić information content (AvgIpc) is 3.67. The van der Waals surface area contributed by atoms with Crippen LogP contribution in [0.1, 0.15) is 21.6 Å². The van der Waals surface area contributed by atoms with E-state index < -0.39 is 30.1 Å². The lowest BCUT2D eigenvalue weighted by molar-refractivity contribution is -0.157. The standard InChI is InChI=1S/C30H26N8O6/c31-16-19-14-20(7-9-33-19)38-10-8-25(35-38)37-11-12-43-26(29(37)41)30(42,17-34-28(40)21-3-1-2-4-23(21)39)15-18-5-6-22-24(13-18)44-36-27(22)32/h1-10,13-14,26,39,42H,11-12,15,17H2,(H2,32,36)(H,34,40)/t26-,30?/m0/s1. The van der Waals surface area contributed by atoms with Crippen molar-refractivity contribution in [2.45, 2.75) is 18.1 Å². The summed E-state index contributed by atoms with van der Waals surface area (Å²) in [6.45, 7) is -0.163. The van der Waals surface area contributed by atoms with E-state index in [0.29, 0.717) is 28.0 Å². The van der Waals surface area contributed by atoms with Gasteiger partial charge in [0, 0.05) is 30.9 Å². The minimum absolute atomic E-state index is 0.00660. The summed E-state index contributed by atoms with van der Waals surface area (Å²) >= 11 is 0. The second-order valence-corrected chi connectivity index (χ2v) is 10.2. The highest BCUT2D eigenvalue weighted by Gasteiger charge is 2.47. The SMILES string of the molecule is N#Cc1cc(-n2ccc(N3CCO[C@H](C(O)(CNC(=O)c4ccccc4O)Cc4ccc5c(N)noc5c4)C3=O)n2)ccn1. The van der Waals surface area contributed by atoms with Gasteiger partial charge in [0.1, 0.15) is 23.1 Å². The van der Waals surface area contributed by atoms with Gasteiger partial charge in [-0.15, -0.1) is 5.10 Å². The van der Waals surface area contributed by atoms with Crippen LogP contribution in [0.25, 0.3) is 16.7 Å². The van der Waals surface area contributed by atoms with Gasteiger partial charge in [-0.25, -0.2) is 9.67 Å². The topological polar surface area (TPSA) is 206 Å². The van der Waals surface area contributed by atoms with Crippen molar-refractivity contribution >= 4 is 34.4 Å². The number of phenols is 1. The zero-order chi connectivity index (χ0) is 30.8. The van der Waals surface area contributed by atoms with E-state index in [1.165, 1.54) is 27.9 Å². The number of fused-ring (bicyclic) bond motifs is 1. The Hall–Kier alpha value is -5.78. The first kappa shape index (κ1) is 28.3. The lowest BCUT2D eigenvalue weighted by Gasteiger charge is -2.40. The molecule has 14 heteroatoms. The van der Waals surface area contributed by atoms with Crippen molar-refractivity contribution in [2.24, 2.45) is 0 Å². The molecule has 0 aliphatic carbocycles. The number of aromatic hydroxyl groups is 1. The second-order valence-electron chi connectivity index (χ2n) is 10.2. The van der Waals surface area contributed by atoms with E-state index in [2.05, 4.69) is 20.6 Å². The first-order valence-corrected chi connectivity index (χ1v) is 13.5. The van der Waals surface area contributed by atoms with Crippen LogP contribution in [0, 0.1) is 11.3 Å². The highest BCUT2D eigenvalue weighted by molar-refractivity contribution is 5.98. The first-order chi connectivity index (χ1) is 21.3. The van der Waals surface area contributed by atoms with Crippen LogP contribution in [-0.2, 0) is 16.0 Å². The highest BCUT2D eigenvalue weighted by Crippen LogP contribution is 2.29. The number of hydrogen-bond donors (Lipinski definition) is 4. The Morgan fingerprint density at radius 2 is 2.05 bits per heavy atom. The Kier molecular flexibility index (Phi) is 7.39. The fraction of sp³-hybridized carbons (Fsp3) is 0.200. The number of carbonyl (C=O) groups is 2. The van der Waals surface area contributed by atoms with Gasteiger partial charge >= 0.3 is 0 Å². The van der Waals surface area contributed by atoms with Crippen LogP contribution in [-0.4, -0.2) is 73.3 Å². The Labute approximate surface area is 249 Å². The number of benzene rings is 2. The molecule has 44 heavy (non-hydrogen) atoms. The van der Waals surface area contributed by atoms with Gasteiger partial charge < -0.3 is 30.5 Å². The number of morpholine rings is 1. The number of nitriles is 1. The third kappa shape index (κ3) is 5.40. The molecule has 222 valence electrons. The summed E-state index contributed by atoms with van der Waals surface area (Å²) < 4.78 is 12.7. The average molecular weight is 595 g/mol. The number of aromatic nitrogens is 4. The molecule has 5 aromatic rings. The van der Waals surface area contributed by atoms with Crippen molar-refractivity contribution in [1.82, 2.24) is 25.2 Å². The Balaban J connectivity index is 1.29. The summed E-state index contributed by atoms with van der Waals surface area (Å²) in [5.74, 6) is -0.929. The highest BCUT2D eigenvalue weighted by atomic mass is 16.5. The number of ether oxygens (including phenoxy) is 1. The number of carbonyl (C=O) groups excluding carboxylic acids is 2. The molecular formula is C30H26N8O6. The van der Waals surface area contributed by atoms with Gasteiger partial charge in [-0.05, 0) is 35.9 Å². The van der Waals surface area contributed by atoms with Crippen LogP contribution >= 0.6 is 0 Å². The summed E-state index contributed by atoms with van der Waals surface area (Å²) in [5, 5.41) is 43.0. The monoisotopic (exact) mass is 594 g/mol. The van der Waals surface area contributed by atoms with E-state index in [9.17, 15) is 25.1 Å². The van der Waals surface area contributed by atoms with Gasteiger partial charge in [0.15, 0.2) is 23.3 Å². The van der Waals surface area contributed by atoms with Gasteiger partial charge in [-0.1, -0.05) is 23.4 Å². The van der Waals surface area contributed by atoms with Crippen LogP contribution in [0.3, 0.4) is 0 Å². The molecule has 0 radical (unpaired) electrons. The van der Waals surface area contributed by atoms with Crippen LogP contribution in [0.5, 0.6) is 5.75 Å². The number of hydrogen-bond acceptors (Lipinski definition) is 11. The third-order valence-electron chi connectivity index (χ3n) is 7.33. The molecule has 2 atom stereocenters. The number of nitrogens with two attached hydrogens (primary N) is 1. The zero-order valence-corrected chi connectivity index (χ0v) is 23.1. The Bertz CT molecular complexity index is 1910. The van der Waals surface area contributed by atoms with E-state index in [1.807, 2.05) is 6.07 Å². The molecule has 2 aromatic carbocycles. The number of nitrogen functional groups attached to an aromatic ring is 1. The molecule has 1 aliphatic heterocycles. The molecule has 3 aromatic heterocycles. The van der Waals surface area contributed by atoms with Crippen molar-refractivity contribution in [3.63, 3.8) is 0 Å². The maximum atomic E-state index is 13.9. The number of amides is 2. The van der Waals surface area contributed by atoms with Crippen LogP contribution < -0.4 is 16.0 Å². The van der Waals surface area contributed by atoms with E-state index in [4.69, 9.17) is 15.0 Å². The smallest absolute Gasteiger partial charge is 0.260 e. The maximum Gasteiger partial charge on any atom is 0.260 e. The zero-order valence-electron chi connectivity index (χ0n) is 23.1. The molecule has 2 amide bonds. The van der Waals surface area contributed by atoms with E-state index in [0.717, 1.165) is 0 Å². The molecule has 1 aliphatic rings. The molecule has 1 unspecified atom stereocenters. The maximum absolute atomic E-state index is 13.9. The Morgan fingerprint density at radius 3 is 2.86 bits per heavy atom. The molecule has 1 saturated heterocycles. The second kappa shape index (κ2) is 11.5. The molecule has 6 rings (SSSR count). The normalized spacial score (nSPS) is 16.4. The van der Waals surface area contributed by atoms with Crippen molar-refractivity contribution in [3.8, 4) is 17.5 Å². The van der Waals surface area contributed by atoms with Crippen LogP contribution in [0.2, 0.25) is 0 Å². The van der Waals surface area contributed by atoms with Crippen molar-refractivity contribution in [1.29, 1.82) is 5.26 Å². The van der Waals surface area contributed by atoms with Crippen LogP contribution in [0.15, 0.2) is 77.6 Å². The summed E-state index contributed by atoms with van der Waals surface area (Å²) in [7, 11) is 0. The number of rotatable bonds is 8. The van der Waals surface area contributed by atoms with Crippen molar-refractivity contribution < 1.29 is 29.1 Å². The van der Waals surface area contributed by atoms with E-state index in [1.54, 1.807) is 54.7 Å². The number of phenolic OH excluding ortho intramolecular Hbond substituents is 1. The largest absolute Gasteiger partial charge is 0.507 e. The molecule has 14 nitrogen and oxygen atoms in total. The van der Waals surface area contributed by atoms with Gasteiger partial charge in [0.2, 0.25) is 0 Å². The molecule has 0 bridgehead atoms. The number of pyridine rings is 1. The third-order valence-corrected chi connectivity index (χ3v) is 7.33. The number of nitrogens with zero attached hydrogens (tertiary/aromatic N) is 6. The summed E-state index contributed by atoms with van der Waals surface area (Å²) in [6.07, 6.45) is 1.59. The lowest BCUT2D eigenvalue weighted by Crippen LogP contribution is -2.63. The summed E-state index contributed by atoms with van der Waals surface area (Å²) in [5.41, 5.74) is 5.64. The summed E-state index contributed by atoms with van der Waals surface area (Å²) in [6, 6.07) is 17.9.